The zero-order valence-corrected chi connectivity index (χ0v) is 11.0. The maximum Gasteiger partial charge on any atom is 0.313 e. The molecular formula is C13H13F2N3O2. The van der Waals surface area contributed by atoms with Crippen LogP contribution in [0.25, 0.3) is 0 Å². The van der Waals surface area contributed by atoms with Crippen molar-refractivity contribution in [3.8, 4) is 6.07 Å². The van der Waals surface area contributed by atoms with E-state index < -0.39 is 29.5 Å². The summed E-state index contributed by atoms with van der Waals surface area (Å²) in [5.41, 5.74) is -0.151. The molecule has 1 N–H and O–H groups in total. The lowest BCUT2D eigenvalue weighted by atomic mass is 10.2. The van der Waals surface area contributed by atoms with Crippen LogP contribution in [-0.4, -0.2) is 29.8 Å². The minimum Gasteiger partial charge on any atom is -0.334 e. The summed E-state index contributed by atoms with van der Waals surface area (Å²) in [6.07, 6.45) is 0.0735. The standard InChI is InChI=1S/C13H13F2N3O2/c1-8(3-4-16)18(2)13(20)12(19)17-11-6-9(14)5-10(15)7-11/h5-8H,3H2,1-2H3,(H,17,19). The smallest absolute Gasteiger partial charge is 0.313 e. The summed E-state index contributed by atoms with van der Waals surface area (Å²) in [5, 5.41) is 10.6. The van der Waals surface area contributed by atoms with Crippen molar-refractivity contribution in [2.45, 2.75) is 19.4 Å². The van der Waals surface area contributed by atoms with Gasteiger partial charge in [-0.15, -0.1) is 0 Å². The molecule has 0 aliphatic rings. The Hall–Kier alpha value is -2.49. The number of hydrogen-bond acceptors (Lipinski definition) is 3. The highest BCUT2D eigenvalue weighted by atomic mass is 19.1. The molecule has 0 saturated carbocycles. The minimum absolute atomic E-state index is 0.0735. The van der Waals surface area contributed by atoms with E-state index in [9.17, 15) is 18.4 Å². The van der Waals surface area contributed by atoms with Crippen LogP contribution in [0.1, 0.15) is 13.3 Å². The number of nitrogens with one attached hydrogen (secondary N) is 1. The van der Waals surface area contributed by atoms with E-state index in [1.165, 1.54) is 7.05 Å². The maximum absolute atomic E-state index is 12.9. The number of likely N-dealkylation sites (N-methyl/N-ethyl adjacent to an activating group) is 1. The van der Waals surface area contributed by atoms with Crippen LogP contribution >= 0.6 is 0 Å². The summed E-state index contributed by atoms with van der Waals surface area (Å²) in [5.74, 6) is -3.64. The van der Waals surface area contributed by atoms with E-state index >= 15 is 0 Å². The molecule has 5 nitrogen and oxygen atoms in total. The van der Waals surface area contributed by atoms with Gasteiger partial charge in [0.2, 0.25) is 0 Å². The highest BCUT2D eigenvalue weighted by molar-refractivity contribution is 6.39. The van der Waals surface area contributed by atoms with Gasteiger partial charge in [-0.05, 0) is 19.1 Å². The van der Waals surface area contributed by atoms with E-state index in [0.717, 1.165) is 17.0 Å². The second-order valence-corrected chi connectivity index (χ2v) is 4.24. The van der Waals surface area contributed by atoms with E-state index in [0.29, 0.717) is 6.07 Å². The quantitative estimate of drug-likeness (QED) is 0.856. The van der Waals surface area contributed by atoms with Crippen molar-refractivity contribution < 1.29 is 18.4 Å². The Bertz CT molecular complexity index is 549. The van der Waals surface area contributed by atoms with Gasteiger partial charge >= 0.3 is 11.8 Å². The predicted molar refractivity (Wildman–Crippen MR) is 67.4 cm³/mol. The Balaban J connectivity index is 2.75. The van der Waals surface area contributed by atoms with Gasteiger partial charge in [-0.1, -0.05) is 0 Å². The van der Waals surface area contributed by atoms with Gasteiger partial charge < -0.3 is 10.2 Å². The van der Waals surface area contributed by atoms with Crippen molar-refractivity contribution in [1.29, 1.82) is 5.26 Å². The summed E-state index contributed by atoms with van der Waals surface area (Å²) in [6, 6.07) is 3.88. The normalized spacial score (nSPS) is 11.3. The Morgan fingerprint density at radius 1 is 1.35 bits per heavy atom. The molecule has 1 aromatic rings. The minimum atomic E-state index is -1.03. The molecule has 0 fully saturated rings. The number of nitrogens with zero attached hydrogens (tertiary/aromatic N) is 2. The van der Waals surface area contributed by atoms with Gasteiger partial charge in [-0.25, -0.2) is 8.78 Å². The fraction of sp³-hybridized carbons (Fsp3) is 0.308. The topological polar surface area (TPSA) is 73.2 Å². The first-order valence-corrected chi connectivity index (χ1v) is 5.76. The van der Waals surface area contributed by atoms with Crippen LogP contribution in [0.4, 0.5) is 14.5 Å². The molecule has 20 heavy (non-hydrogen) atoms. The molecule has 2 amide bonds. The van der Waals surface area contributed by atoms with E-state index in [2.05, 4.69) is 5.32 Å². The Morgan fingerprint density at radius 2 is 1.90 bits per heavy atom. The van der Waals surface area contributed by atoms with Crippen LogP contribution in [-0.2, 0) is 9.59 Å². The molecule has 0 saturated heterocycles. The zero-order chi connectivity index (χ0) is 15.3. The number of anilines is 1. The van der Waals surface area contributed by atoms with Gasteiger partial charge in [0.25, 0.3) is 0 Å². The summed E-state index contributed by atoms with van der Waals surface area (Å²) in [6.45, 7) is 1.61. The first kappa shape index (κ1) is 15.6. The van der Waals surface area contributed by atoms with Crippen LogP contribution in [0.15, 0.2) is 18.2 Å². The molecule has 0 radical (unpaired) electrons. The second-order valence-electron chi connectivity index (χ2n) is 4.24. The maximum atomic E-state index is 12.9. The number of benzene rings is 1. The monoisotopic (exact) mass is 281 g/mol. The number of carbonyl (C=O) groups is 2. The molecule has 7 heteroatoms. The first-order valence-electron chi connectivity index (χ1n) is 5.76. The largest absolute Gasteiger partial charge is 0.334 e. The molecule has 1 aromatic carbocycles. The van der Waals surface area contributed by atoms with Crippen LogP contribution in [0, 0.1) is 23.0 Å². The highest BCUT2D eigenvalue weighted by Gasteiger charge is 2.23. The zero-order valence-electron chi connectivity index (χ0n) is 11.0. The molecule has 0 aliphatic carbocycles. The Morgan fingerprint density at radius 3 is 2.40 bits per heavy atom. The lowest BCUT2D eigenvalue weighted by Gasteiger charge is -2.22. The number of carbonyl (C=O) groups excluding carboxylic acids is 2. The van der Waals surface area contributed by atoms with Crippen molar-refractivity contribution in [2.75, 3.05) is 12.4 Å². The van der Waals surface area contributed by atoms with Crippen molar-refractivity contribution in [3.63, 3.8) is 0 Å². The number of hydrogen-bond donors (Lipinski definition) is 1. The van der Waals surface area contributed by atoms with Gasteiger partial charge in [0.15, 0.2) is 0 Å². The number of nitriles is 1. The van der Waals surface area contributed by atoms with Gasteiger partial charge in [-0.3, -0.25) is 9.59 Å². The average Bonchev–Trinajstić information content (AvgIpc) is 2.35. The lowest BCUT2D eigenvalue weighted by Crippen LogP contribution is -2.42. The third-order valence-corrected chi connectivity index (χ3v) is 2.68. The van der Waals surface area contributed by atoms with Crippen LogP contribution in [0.2, 0.25) is 0 Å². The molecule has 1 atom stereocenters. The van der Waals surface area contributed by atoms with Gasteiger partial charge in [0.05, 0.1) is 12.5 Å². The molecule has 1 rings (SSSR count). The molecule has 0 spiro atoms. The van der Waals surface area contributed by atoms with Crippen molar-refractivity contribution in [3.05, 3.63) is 29.8 Å². The molecule has 0 aliphatic heterocycles. The van der Waals surface area contributed by atoms with E-state index in [1.807, 2.05) is 6.07 Å². The van der Waals surface area contributed by atoms with Crippen LogP contribution < -0.4 is 5.32 Å². The Labute approximate surface area is 114 Å². The molecular weight excluding hydrogens is 268 g/mol. The summed E-state index contributed by atoms with van der Waals surface area (Å²) >= 11 is 0. The van der Waals surface area contributed by atoms with Crippen LogP contribution in [0.3, 0.4) is 0 Å². The summed E-state index contributed by atoms with van der Waals surface area (Å²) < 4.78 is 25.9. The van der Waals surface area contributed by atoms with Crippen molar-refractivity contribution in [1.82, 2.24) is 4.90 Å². The van der Waals surface area contributed by atoms with E-state index in [-0.39, 0.29) is 12.1 Å². The number of rotatable bonds is 3. The molecule has 106 valence electrons. The van der Waals surface area contributed by atoms with Crippen molar-refractivity contribution in [2.24, 2.45) is 0 Å². The summed E-state index contributed by atoms with van der Waals surface area (Å²) in [4.78, 5) is 24.5. The Kier molecular flexibility index (Phi) is 5.15. The number of halogens is 2. The third kappa shape index (κ3) is 4.02. The van der Waals surface area contributed by atoms with E-state index in [4.69, 9.17) is 5.26 Å². The summed E-state index contributed by atoms with van der Waals surface area (Å²) in [7, 11) is 1.37. The molecule has 1 unspecified atom stereocenters. The van der Waals surface area contributed by atoms with Crippen molar-refractivity contribution >= 4 is 17.5 Å². The highest BCUT2D eigenvalue weighted by Crippen LogP contribution is 2.13. The fourth-order valence-electron chi connectivity index (χ4n) is 1.44. The van der Waals surface area contributed by atoms with E-state index in [1.54, 1.807) is 6.92 Å². The van der Waals surface area contributed by atoms with Gasteiger partial charge in [0, 0.05) is 24.8 Å². The number of amides is 2. The molecule has 0 heterocycles. The molecule has 0 aromatic heterocycles. The second kappa shape index (κ2) is 6.61. The van der Waals surface area contributed by atoms with Crippen LogP contribution in [0.5, 0.6) is 0 Å². The predicted octanol–water partition coefficient (Wildman–Crippen LogP) is 1.66. The van der Waals surface area contributed by atoms with Gasteiger partial charge in [-0.2, -0.15) is 5.26 Å². The fourth-order valence-corrected chi connectivity index (χ4v) is 1.44. The lowest BCUT2D eigenvalue weighted by molar-refractivity contribution is -0.143. The SMILES string of the molecule is CC(CC#N)N(C)C(=O)C(=O)Nc1cc(F)cc(F)c1. The average molecular weight is 281 g/mol. The first-order chi connectivity index (χ1) is 9.35. The molecule has 0 bridgehead atoms. The third-order valence-electron chi connectivity index (χ3n) is 2.68. The van der Waals surface area contributed by atoms with Gasteiger partial charge in [0.1, 0.15) is 11.6 Å².